The lowest BCUT2D eigenvalue weighted by Crippen LogP contribution is -2.38. The van der Waals surface area contributed by atoms with Crippen molar-refractivity contribution in [2.45, 2.75) is 23.6 Å². The fourth-order valence-corrected chi connectivity index (χ4v) is 4.53. The zero-order chi connectivity index (χ0) is 15.0. The van der Waals surface area contributed by atoms with Crippen molar-refractivity contribution < 1.29 is 21.9 Å². The van der Waals surface area contributed by atoms with Crippen LogP contribution >= 0.6 is 0 Å². The second-order valence-corrected chi connectivity index (χ2v) is 9.22. The van der Waals surface area contributed by atoms with Crippen LogP contribution in [0, 0.1) is 0 Å². The summed E-state index contributed by atoms with van der Waals surface area (Å²) in [7, 11) is -6.38. The van der Waals surface area contributed by atoms with Crippen LogP contribution in [0.5, 0.6) is 0 Å². The molecule has 1 aromatic carbocycles. The normalized spacial score (nSPS) is 25.7. The Morgan fingerprint density at radius 3 is 2.30 bits per heavy atom. The first-order valence-corrected chi connectivity index (χ1v) is 9.79. The summed E-state index contributed by atoms with van der Waals surface area (Å²) in [5.74, 6) is -0.284. The molecule has 0 bridgehead atoms. The quantitative estimate of drug-likeness (QED) is 0.764. The van der Waals surface area contributed by atoms with Crippen molar-refractivity contribution in [3.05, 3.63) is 29.8 Å². The Labute approximate surface area is 118 Å². The highest BCUT2D eigenvalue weighted by atomic mass is 32.2. The number of sulfone groups is 2. The zero-order valence-corrected chi connectivity index (χ0v) is 12.6. The molecule has 1 fully saturated rings. The van der Waals surface area contributed by atoms with E-state index in [-0.39, 0.29) is 16.4 Å². The minimum Gasteiger partial charge on any atom is -0.390 e. The largest absolute Gasteiger partial charge is 0.390 e. The van der Waals surface area contributed by atoms with Crippen molar-refractivity contribution in [1.82, 2.24) is 5.32 Å². The van der Waals surface area contributed by atoms with Crippen molar-refractivity contribution in [1.29, 1.82) is 0 Å². The number of rotatable bonds is 4. The Morgan fingerprint density at radius 1 is 1.25 bits per heavy atom. The van der Waals surface area contributed by atoms with Gasteiger partial charge in [-0.05, 0) is 17.7 Å². The fraction of sp³-hybridized carbons (Fsp3) is 0.500. The Morgan fingerprint density at radius 2 is 1.85 bits per heavy atom. The molecule has 0 spiro atoms. The summed E-state index contributed by atoms with van der Waals surface area (Å²) in [6, 6.07) is 5.87. The van der Waals surface area contributed by atoms with E-state index in [1.165, 1.54) is 12.1 Å². The summed E-state index contributed by atoms with van der Waals surface area (Å²) in [6.07, 6.45) is 0.246. The van der Waals surface area contributed by atoms with Crippen LogP contribution in [0.1, 0.15) is 5.56 Å². The maximum atomic E-state index is 11.4. The third-order valence-electron chi connectivity index (χ3n) is 3.24. The summed E-state index contributed by atoms with van der Waals surface area (Å²) >= 11 is 0. The Hall–Kier alpha value is -0.960. The molecule has 112 valence electrons. The van der Waals surface area contributed by atoms with E-state index < -0.39 is 31.8 Å². The van der Waals surface area contributed by atoms with Gasteiger partial charge < -0.3 is 10.4 Å². The van der Waals surface area contributed by atoms with Gasteiger partial charge in [0.25, 0.3) is 0 Å². The standard InChI is InChI=1S/C12H17NO5S2/c1-19(15,16)10-4-2-9(3-5-10)6-13-11-7-20(17,18)8-12(11)14/h2-5,11-14H,6-8H2,1H3. The van der Waals surface area contributed by atoms with Crippen LogP contribution in [0.2, 0.25) is 0 Å². The van der Waals surface area contributed by atoms with E-state index in [0.717, 1.165) is 11.8 Å². The molecule has 2 unspecified atom stereocenters. The summed E-state index contributed by atoms with van der Waals surface area (Å²) in [5, 5.41) is 12.6. The number of hydrogen-bond donors (Lipinski definition) is 2. The van der Waals surface area contributed by atoms with E-state index in [2.05, 4.69) is 5.32 Å². The number of aliphatic hydroxyl groups excluding tert-OH is 1. The zero-order valence-electron chi connectivity index (χ0n) is 11.0. The van der Waals surface area contributed by atoms with E-state index in [1.807, 2.05) is 0 Å². The van der Waals surface area contributed by atoms with Gasteiger partial charge in [0, 0.05) is 18.8 Å². The maximum Gasteiger partial charge on any atom is 0.175 e. The third kappa shape index (κ3) is 3.78. The lowest BCUT2D eigenvalue weighted by molar-refractivity contribution is 0.165. The van der Waals surface area contributed by atoms with Crippen molar-refractivity contribution in [3.63, 3.8) is 0 Å². The molecule has 0 amide bonds. The molecule has 0 aromatic heterocycles. The van der Waals surface area contributed by atoms with Crippen molar-refractivity contribution >= 4 is 19.7 Å². The molecule has 6 nitrogen and oxygen atoms in total. The number of aliphatic hydroxyl groups is 1. The van der Waals surface area contributed by atoms with Gasteiger partial charge in [0.1, 0.15) is 0 Å². The van der Waals surface area contributed by atoms with Gasteiger partial charge in [0.2, 0.25) is 0 Å². The lowest BCUT2D eigenvalue weighted by Gasteiger charge is -2.14. The Bertz CT molecular complexity index is 679. The first kappa shape index (κ1) is 15.4. The molecule has 1 heterocycles. The predicted molar refractivity (Wildman–Crippen MR) is 74.8 cm³/mol. The highest BCUT2D eigenvalue weighted by molar-refractivity contribution is 7.91. The monoisotopic (exact) mass is 319 g/mol. The second kappa shape index (κ2) is 5.44. The van der Waals surface area contributed by atoms with E-state index in [0.29, 0.717) is 6.54 Å². The maximum absolute atomic E-state index is 11.4. The Balaban J connectivity index is 1.99. The molecule has 20 heavy (non-hydrogen) atoms. The molecule has 2 atom stereocenters. The molecular weight excluding hydrogens is 302 g/mol. The predicted octanol–water partition coefficient (Wildman–Crippen LogP) is -0.662. The van der Waals surface area contributed by atoms with Crippen LogP contribution in [-0.4, -0.2) is 51.8 Å². The molecule has 1 aromatic rings. The fourth-order valence-electron chi connectivity index (χ4n) is 2.13. The SMILES string of the molecule is CS(=O)(=O)c1ccc(CNC2CS(=O)(=O)CC2O)cc1. The topological polar surface area (TPSA) is 101 Å². The number of hydrogen-bond acceptors (Lipinski definition) is 6. The van der Waals surface area contributed by atoms with Crippen LogP contribution < -0.4 is 5.32 Å². The van der Waals surface area contributed by atoms with Gasteiger partial charge in [-0.15, -0.1) is 0 Å². The highest BCUT2D eigenvalue weighted by Crippen LogP contribution is 2.14. The summed E-state index contributed by atoms with van der Waals surface area (Å²) < 4.78 is 45.3. The molecule has 8 heteroatoms. The molecule has 1 aliphatic rings. The van der Waals surface area contributed by atoms with Gasteiger partial charge in [0.05, 0.1) is 22.5 Å². The number of benzene rings is 1. The van der Waals surface area contributed by atoms with Crippen LogP contribution in [0.25, 0.3) is 0 Å². The van der Waals surface area contributed by atoms with Gasteiger partial charge in [-0.3, -0.25) is 0 Å². The molecule has 0 saturated carbocycles. The van der Waals surface area contributed by atoms with Crippen molar-refractivity contribution in [3.8, 4) is 0 Å². The van der Waals surface area contributed by atoms with Crippen molar-refractivity contribution in [2.24, 2.45) is 0 Å². The minimum atomic E-state index is -3.21. The summed E-state index contributed by atoms with van der Waals surface area (Å²) in [6.45, 7) is 0.376. The molecule has 0 aliphatic carbocycles. The lowest BCUT2D eigenvalue weighted by atomic mass is 10.2. The van der Waals surface area contributed by atoms with Gasteiger partial charge in [-0.1, -0.05) is 12.1 Å². The van der Waals surface area contributed by atoms with Crippen LogP contribution in [0.3, 0.4) is 0 Å². The van der Waals surface area contributed by atoms with Gasteiger partial charge >= 0.3 is 0 Å². The van der Waals surface area contributed by atoms with Crippen LogP contribution in [0.4, 0.5) is 0 Å². The molecule has 0 radical (unpaired) electrons. The Kier molecular flexibility index (Phi) is 4.19. The first-order chi connectivity index (χ1) is 9.17. The van der Waals surface area contributed by atoms with Gasteiger partial charge in [-0.25, -0.2) is 16.8 Å². The van der Waals surface area contributed by atoms with Gasteiger partial charge in [0.15, 0.2) is 19.7 Å². The molecular formula is C12H17NO5S2. The summed E-state index contributed by atoms with van der Waals surface area (Å²) in [4.78, 5) is 0.240. The van der Waals surface area contributed by atoms with E-state index >= 15 is 0 Å². The first-order valence-electron chi connectivity index (χ1n) is 6.08. The average molecular weight is 319 g/mol. The van der Waals surface area contributed by atoms with Crippen LogP contribution in [-0.2, 0) is 26.2 Å². The van der Waals surface area contributed by atoms with E-state index in [9.17, 15) is 21.9 Å². The smallest absolute Gasteiger partial charge is 0.175 e. The second-order valence-electron chi connectivity index (χ2n) is 5.05. The van der Waals surface area contributed by atoms with E-state index in [4.69, 9.17) is 0 Å². The number of nitrogens with one attached hydrogen (secondary N) is 1. The molecule has 1 saturated heterocycles. The van der Waals surface area contributed by atoms with E-state index in [1.54, 1.807) is 12.1 Å². The third-order valence-corrected chi connectivity index (χ3v) is 6.09. The van der Waals surface area contributed by atoms with Crippen molar-refractivity contribution in [2.75, 3.05) is 17.8 Å². The average Bonchev–Trinajstić information content (AvgIpc) is 2.59. The highest BCUT2D eigenvalue weighted by Gasteiger charge is 2.35. The minimum absolute atomic E-state index is 0.0738. The molecule has 1 aliphatic heterocycles. The molecule has 2 rings (SSSR count). The van der Waals surface area contributed by atoms with Gasteiger partial charge in [-0.2, -0.15) is 0 Å². The van der Waals surface area contributed by atoms with Crippen LogP contribution in [0.15, 0.2) is 29.2 Å². The summed E-state index contributed by atoms with van der Waals surface area (Å²) in [5.41, 5.74) is 0.828. The molecule has 2 N–H and O–H groups in total.